The predicted molar refractivity (Wildman–Crippen MR) is 77.3 cm³/mol. The van der Waals surface area contributed by atoms with E-state index in [1.807, 2.05) is 18.2 Å². The molecule has 1 amide bonds. The number of imidazole rings is 1. The number of amides is 1. The van der Waals surface area contributed by atoms with Gasteiger partial charge in [0.1, 0.15) is 11.3 Å². The Balaban J connectivity index is 1.70. The first-order valence-corrected chi connectivity index (χ1v) is 6.44. The number of nitrogens with zero attached hydrogens (tertiary/aromatic N) is 3. The van der Waals surface area contributed by atoms with Crippen LogP contribution in [0.1, 0.15) is 0 Å². The van der Waals surface area contributed by atoms with Crippen LogP contribution in [0.2, 0.25) is 5.28 Å². The lowest BCUT2D eigenvalue weighted by Crippen LogP contribution is -2.21. The molecule has 0 aliphatic carbocycles. The normalized spacial score (nSPS) is 10.5. The zero-order valence-electron chi connectivity index (χ0n) is 10.7. The summed E-state index contributed by atoms with van der Waals surface area (Å²) in [6, 6.07) is 9.05. The Morgan fingerprint density at radius 2 is 2.10 bits per heavy atom. The number of halogens is 1. The highest BCUT2D eigenvalue weighted by molar-refractivity contribution is 6.28. The maximum absolute atomic E-state index is 11.9. The van der Waals surface area contributed by atoms with Crippen molar-refractivity contribution in [1.82, 2.24) is 19.9 Å². The van der Waals surface area contributed by atoms with Gasteiger partial charge in [0.05, 0.1) is 6.33 Å². The number of hydrogen-bond donors (Lipinski definition) is 2. The number of H-pyrrole nitrogens is 1. The molecule has 0 radical (unpaired) electrons. The summed E-state index contributed by atoms with van der Waals surface area (Å²) >= 11 is 5.78. The molecule has 7 nitrogen and oxygen atoms in total. The average Bonchev–Trinajstić information content (AvgIpc) is 2.94. The minimum atomic E-state index is -0.357. The summed E-state index contributed by atoms with van der Waals surface area (Å²) in [5.74, 6) is 0.522. The Morgan fingerprint density at radius 1 is 1.29 bits per heavy atom. The van der Waals surface area contributed by atoms with Gasteiger partial charge in [-0.15, -0.1) is 0 Å². The third-order valence-electron chi connectivity index (χ3n) is 2.63. The Kier molecular flexibility index (Phi) is 3.65. The molecule has 0 aliphatic heterocycles. The van der Waals surface area contributed by atoms with E-state index >= 15 is 0 Å². The Morgan fingerprint density at radius 3 is 2.90 bits per heavy atom. The highest BCUT2D eigenvalue weighted by Crippen LogP contribution is 2.18. The van der Waals surface area contributed by atoms with Crippen LogP contribution < -0.4 is 10.1 Å². The number of para-hydroxylation sites is 1. The van der Waals surface area contributed by atoms with Crippen molar-refractivity contribution in [3.63, 3.8) is 0 Å². The number of carbonyl (C=O) groups excluding carboxylic acids is 1. The van der Waals surface area contributed by atoms with Crippen molar-refractivity contribution in [3.05, 3.63) is 41.9 Å². The van der Waals surface area contributed by atoms with Gasteiger partial charge in [0.15, 0.2) is 18.1 Å². The van der Waals surface area contributed by atoms with Crippen LogP contribution in [0.4, 0.5) is 5.82 Å². The van der Waals surface area contributed by atoms with Crippen molar-refractivity contribution in [2.45, 2.75) is 0 Å². The van der Waals surface area contributed by atoms with E-state index in [-0.39, 0.29) is 23.6 Å². The second kappa shape index (κ2) is 5.76. The van der Waals surface area contributed by atoms with Crippen LogP contribution in [0, 0.1) is 0 Å². The monoisotopic (exact) mass is 303 g/mol. The number of anilines is 1. The van der Waals surface area contributed by atoms with Gasteiger partial charge < -0.3 is 15.0 Å². The zero-order valence-corrected chi connectivity index (χ0v) is 11.5. The number of nitrogens with one attached hydrogen (secondary N) is 2. The van der Waals surface area contributed by atoms with Gasteiger partial charge in [0, 0.05) is 0 Å². The number of aromatic nitrogens is 4. The number of rotatable bonds is 4. The summed E-state index contributed by atoms with van der Waals surface area (Å²) < 4.78 is 5.35. The molecule has 0 spiro atoms. The second-order valence-corrected chi connectivity index (χ2v) is 4.43. The number of ether oxygens (including phenoxy) is 1. The minimum Gasteiger partial charge on any atom is -0.484 e. The maximum atomic E-state index is 11.9. The lowest BCUT2D eigenvalue weighted by molar-refractivity contribution is -0.118. The molecule has 2 aromatic heterocycles. The zero-order chi connectivity index (χ0) is 14.7. The quantitative estimate of drug-likeness (QED) is 0.719. The molecule has 0 saturated heterocycles. The van der Waals surface area contributed by atoms with Crippen molar-refractivity contribution < 1.29 is 9.53 Å². The Labute approximate surface area is 124 Å². The van der Waals surface area contributed by atoms with Gasteiger partial charge in [0.25, 0.3) is 5.91 Å². The van der Waals surface area contributed by atoms with Crippen LogP contribution >= 0.6 is 11.6 Å². The second-order valence-electron chi connectivity index (χ2n) is 4.09. The Bertz CT molecular complexity index is 775. The van der Waals surface area contributed by atoms with Gasteiger partial charge in [-0.25, -0.2) is 4.98 Å². The van der Waals surface area contributed by atoms with E-state index in [0.29, 0.717) is 16.9 Å². The number of fused-ring (bicyclic) bond motifs is 1. The summed E-state index contributed by atoms with van der Waals surface area (Å²) in [5.41, 5.74) is 0.890. The van der Waals surface area contributed by atoms with Crippen molar-refractivity contribution in [2.75, 3.05) is 11.9 Å². The number of hydrogen-bond acceptors (Lipinski definition) is 5. The SMILES string of the molecule is O=C(COc1ccccc1)Nc1nc(Cl)nc2nc[nH]c12. The fourth-order valence-electron chi connectivity index (χ4n) is 1.73. The molecule has 1 aromatic carbocycles. The van der Waals surface area contributed by atoms with E-state index in [1.54, 1.807) is 12.1 Å². The molecule has 0 aliphatic rings. The van der Waals surface area contributed by atoms with Crippen LogP contribution in [-0.2, 0) is 4.79 Å². The van der Waals surface area contributed by atoms with Crippen molar-refractivity contribution in [1.29, 1.82) is 0 Å². The summed E-state index contributed by atoms with van der Waals surface area (Å²) in [6.07, 6.45) is 1.45. The smallest absolute Gasteiger partial charge is 0.263 e. The molecule has 0 unspecified atom stereocenters. The molecule has 21 heavy (non-hydrogen) atoms. The van der Waals surface area contributed by atoms with Gasteiger partial charge >= 0.3 is 0 Å². The summed E-state index contributed by atoms with van der Waals surface area (Å²) in [5, 5.41) is 2.62. The van der Waals surface area contributed by atoms with E-state index in [2.05, 4.69) is 25.3 Å². The molecule has 8 heteroatoms. The lowest BCUT2D eigenvalue weighted by atomic mass is 10.3. The minimum absolute atomic E-state index is 0.00822. The maximum Gasteiger partial charge on any atom is 0.263 e. The van der Waals surface area contributed by atoms with E-state index in [9.17, 15) is 4.79 Å². The van der Waals surface area contributed by atoms with Gasteiger partial charge in [0.2, 0.25) is 5.28 Å². The fraction of sp³-hybridized carbons (Fsp3) is 0.0769. The number of benzene rings is 1. The molecular weight excluding hydrogens is 294 g/mol. The Hall–Kier alpha value is -2.67. The third-order valence-corrected chi connectivity index (χ3v) is 2.80. The predicted octanol–water partition coefficient (Wildman–Crippen LogP) is 2.02. The van der Waals surface area contributed by atoms with Gasteiger partial charge in [-0.05, 0) is 23.7 Å². The molecule has 0 atom stereocenters. The highest BCUT2D eigenvalue weighted by Gasteiger charge is 2.12. The molecule has 3 rings (SSSR count). The number of aromatic amines is 1. The average molecular weight is 304 g/mol. The first kappa shape index (κ1) is 13.3. The van der Waals surface area contributed by atoms with Gasteiger partial charge in [-0.3, -0.25) is 4.79 Å². The molecule has 106 valence electrons. The lowest BCUT2D eigenvalue weighted by Gasteiger charge is -2.07. The molecule has 3 aromatic rings. The standard InChI is InChI=1S/C13H10ClN5O2/c14-13-18-11-10(15-7-16-11)12(19-13)17-9(20)6-21-8-4-2-1-3-5-8/h1-5,7H,6H2,(H2,15,16,17,18,19,20). The topological polar surface area (TPSA) is 92.8 Å². The first-order chi connectivity index (χ1) is 10.2. The van der Waals surface area contributed by atoms with Gasteiger partial charge in [-0.1, -0.05) is 18.2 Å². The number of carbonyl (C=O) groups is 1. The summed E-state index contributed by atoms with van der Waals surface area (Å²) in [6.45, 7) is -0.138. The summed E-state index contributed by atoms with van der Waals surface area (Å²) in [4.78, 5) is 26.6. The third kappa shape index (κ3) is 3.09. The first-order valence-electron chi connectivity index (χ1n) is 6.07. The van der Waals surface area contributed by atoms with Crippen molar-refractivity contribution >= 4 is 34.5 Å². The van der Waals surface area contributed by atoms with Crippen molar-refractivity contribution in [3.8, 4) is 5.75 Å². The molecule has 0 saturated carbocycles. The molecule has 0 fully saturated rings. The van der Waals surface area contributed by atoms with Crippen LogP contribution in [-0.4, -0.2) is 32.4 Å². The van der Waals surface area contributed by atoms with E-state index < -0.39 is 0 Å². The van der Waals surface area contributed by atoms with Crippen LogP contribution in [0.15, 0.2) is 36.7 Å². The summed E-state index contributed by atoms with van der Waals surface area (Å²) in [7, 11) is 0. The van der Waals surface area contributed by atoms with E-state index in [4.69, 9.17) is 16.3 Å². The molecule has 2 N–H and O–H groups in total. The molecule has 0 bridgehead atoms. The highest BCUT2D eigenvalue weighted by atomic mass is 35.5. The molecule has 2 heterocycles. The van der Waals surface area contributed by atoms with Crippen LogP contribution in [0.25, 0.3) is 11.2 Å². The van der Waals surface area contributed by atoms with Crippen LogP contribution in [0.3, 0.4) is 0 Å². The van der Waals surface area contributed by atoms with Crippen molar-refractivity contribution in [2.24, 2.45) is 0 Å². The van der Waals surface area contributed by atoms with E-state index in [0.717, 1.165) is 0 Å². The fourth-order valence-corrected chi connectivity index (χ4v) is 1.90. The van der Waals surface area contributed by atoms with Crippen LogP contribution in [0.5, 0.6) is 5.75 Å². The largest absolute Gasteiger partial charge is 0.484 e. The van der Waals surface area contributed by atoms with E-state index in [1.165, 1.54) is 6.33 Å². The molecular formula is C13H10ClN5O2. The van der Waals surface area contributed by atoms with Gasteiger partial charge in [-0.2, -0.15) is 9.97 Å².